The molecule has 6 heteroatoms. The van der Waals surface area contributed by atoms with Crippen LogP contribution in [0.4, 0.5) is 14.6 Å². The van der Waals surface area contributed by atoms with Gasteiger partial charge < -0.3 is 9.80 Å². The van der Waals surface area contributed by atoms with Gasteiger partial charge in [-0.05, 0) is 56.1 Å². The average molecular weight is 332 g/mol. The summed E-state index contributed by atoms with van der Waals surface area (Å²) in [6.45, 7) is 6.56. The highest BCUT2D eigenvalue weighted by Gasteiger charge is 2.16. The SMILES string of the molecule is Cc1ccc(N2CCCN(CCc3ccc(F)c(F)c3)CC2)nn1. The van der Waals surface area contributed by atoms with Gasteiger partial charge in [-0.15, -0.1) is 5.10 Å². The van der Waals surface area contributed by atoms with Crippen LogP contribution in [-0.2, 0) is 6.42 Å². The first-order valence-corrected chi connectivity index (χ1v) is 8.33. The highest BCUT2D eigenvalue weighted by molar-refractivity contribution is 5.37. The van der Waals surface area contributed by atoms with E-state index in [0.717, 1.165) is 62.6 Å². The monoisotopic (exact) mass is 332 g/mol. The van der Waals surface area contributed by atoms with Crippen molar-refractivity contribution in [2.24, 2.45) is 0 Å². The summed E-state index contributed by atoms with van der Waals surface area (Å²) >= 11 is 0. The molecular formula is C18H22F2N4. The van der Waals surface area contributed by atoms with Crippen molar-refractivity contribution in [2.75, 3.05) is 37.6 Å². The van der Waals surface area contributed by atoms with E-state index in [0.29, 0.717) is 0 Å². The van der Waals surface area contributed by atoms with Crippen molar-refractivity contribution in [3.8, 4) is 0 Å². The molecule has 1 aliphatic rings. The van der Waals surface area contributed by atoms with Crippen molar-refractivity contribution in [2.45, 2.75) is 19.8 Å². The molecule has 0 amide bonds. The summed E-state index contributed by atoms with van der Waals surface area (Å²) in [5.74, 6) is -0.640. The molecule has 0 bridgehead atoms. The molecule has 1 aliphatic heterocycles. The molecule has 1 aromatic heterocycles. The molecule has 0 spiro atoms. The molecule has 24 heavy (non-hydrogen) atoms. The Hall–Kier alpha value is -2.08. The Morgan fingerprint density at radius 3 is 2.58 bits per heavy atom. The molecule has 2 aromatic rings. The number of hydrogen-bond donors (Lipinski definition) is 0. The van der Waals surface area contributed by atoms with E-state index in [1.54, 1.807) is 6.07 Å². The van der Waals surface area contributed by atoms with Crippen molar-refractivity contribution >= 4 is 5.82 Å². The summed E-state index contributed by atoms with van der Waals surface area (Å²) in [7, 11) is 0. The van der Waals surface area contributed by atoms with Crippen LogP contribution in [-0.4, -0.2) is 47.8 Å². The second kappa shape index (κ2) is 7.66. The van der Waals surface area contributed by atoms with Crippen molar-refractivity contribution in [1.29, 1.82) is 0 Å². The molecule has 2 heterocycles. The van der Waals surface area contributed by atoms with Crippen LogP contribution in [0.2, 0.25) is 0 Å². The first-order chi connectivity index (χ1) is 11.6. The third-order valence-electron chi connectivity index (χ3n) is 4.40. The molecule has 1 saturated heterocycles. The van der Waals surface area contributed by atoms with Crippen molar-refractivity contribution in [3.63, 3.8) is 0 Å². The summed E-state index contributed by atoms with van der Waals surface area (Å²) in [5.41, 5.74) is 1.75. The Balaban J connectivity index is 1.53. The quantitative estimate of drug-likeness (QED) is 0.862. The van der Waals surface area contributed by atoms with Gasteiger partial charge in [-0.1, -0.05) is 6.07 Å². The minimum absolute atomic E-state index is 0.724. The molecule has 1 aromatic carbocycles. The van der Waals surface area contributed by atoms with Crippen LogP contribution in [0.25, 0.3) is 0 Å². The molecule has 0 N–H and O–H groups in total. The Morgan fingerprint density at radius 2 is 1.83 bits per heavy atom. The summed E-state index contributed by atoms with van der Waals surface area (Å²) in [5, 5.41) is 8.38. The predicted molar refractivity (Wildman–Crippen MR) is 90.1 cm³/mol. The second-order valence-electron chi connectivity index (χ2n) is 6.21. The topological polar surface area (TPSA) is 32.3 Å². The number of aryl methyl sites for hydroxylation is 1. The number of anilines is 1. The summed E-state index contributed by atoms with van der Waals surface area (Å²) < 4.78 is 26.2. The summed E-state index contributed by atoms with van der Waals surface area (Å²) in [6.07, 6.45) is 1.77. The van der Waals surface area contributed by atoms with Crippen LogP contribution < -0.4 is 4.90 Å². The minimum atomic E-state index is -0.789. The lowest BCUT2D eigenvalue weighted by atomic mass is 10.1. The molecule has 3 rings (SSSR count). The van der Waals surface area contributed by atoms with Gasteiger partial charge in [0, 0.05) is 26.2 Å². The second-order valence-corrected chi connectivity index (χ2v) is 6.21. The fourth-order valence-corrected chi connectivity index (χ4v) is 2.97. The van der Waals surface area contributed by atoms with E-state index in [2.05, 4.69) is 20.0 Å². The Bertz CT molecular complexity index is 675. The lowest BCUT2D eigenvalue weighted by Crippen LogP contribution is -2.32. The molecule has 0 unspecified atom stereocenters. The molecule has 0 atom stereocenters. The Morgan fingerprint density at radius 1 is 0.958 bits per heavy atom. The van der Waals surface area contributed by atoms with E-state index in [9.17, 15) is 8.78 Å². The van der Waals surface area contributed by atoms with Gasteiger partial charge in [-0.2, -0.15) is 5.10 Å². The zero-order valence-corrected chi connectivity index (χ0v) is 13.9. The molecule has 1 fully saturated rings. The van der Waals surface area contributed by atoms with Gasteiger partial charge in [-0.3, -0.25) is 0 Å². The highest BCUT2D eigenvalue weighted by Crippen LogP contribution is 2.14. The van der Waals surface area contributed by atoms with Crippen LogP contribution in [0, 0.1) is 18.6 Å². The van der Waals surface area contributed by atoms with E-state index >= 15 is 0 Å². The number of halogens is 2. The van der Waals surface area contributed by atoms with Gasteiger partial charge in [-0.25, -0.2) is 8.78 Å². The third-order valence-corrected chi connectivity index (χ3v) is 4.40. The molecular weight excluding hydrogens is 310 g/mol. The van der Waals surface area contributed by atoms with Gasteiger partial charge in [0.25, 0.3) is 0 Å². The Kier molecular flexibility index (Phi) is 5.35. The number of rotatable bonds is 4. The van der Waals surface area contributed by atoms with E-state index in [4.69, 9.17) is 0 Å². The van der Waals surface area contributed by atoms with Gasteiger partial charge in [0.15, 0.2) is 17.5 Å². The third kappa shape index (κ3) is 4.26. The minimum Gasteiger partial charge on any atom is -0.354 e. The lowest BCUT2D eigenvalue weighted by Gasteiger charge is -2.22. The van der Waals surface area contributed by atoms with E-state index in [-0.39, 0.29) is 0 Å². The number of hydrogen-bond acceptors (Lipinski definition) is 4. The highest BCUT2D eigenvalue weighted by atomic mass is 19.2. The van der Waals surface area contributed by atoms with E-state index in [1.807, 2.05) is 19.1 Å². The van der Waals surface area contributed by atoms with E-state index in [1.165, 1.54) is 12.1 Å². The average Bonchev–Trinajstić information content (AvgIpc) is 2.82. The maximum absolute atomic E-state index is 13.3. The number of aromatic nitrogens is 2. The maximum atomic E-state index is 13.3. The zero-order valence-electron chi connectivity index (χ0n) is 13.9. The number of nitrogens with zero attached hydrogens (tertiary/aromatic N) is 4. The van der Waals surface area contributed by atoms with Crippen molar-refractivity contribution in [1.82, 2.24) is 15.1 Å². The van der Waals surface area contributed by atoms with Crippen LogP contribution >= 0.6 is 0 Å². The largest absolute Gasteiger partial charge is 0.354 e. The molecule has 0 radical (unpaired) electrons. The smallest absolute Gasteiger partial charge is 0.159 e. The molecule has 0 saturated carbocycles. The van der Waals surface area contributed by atoms with Gasteiger partial charge in [0.1, 0.15) is 0 Å². The van der Waals surface area contributed by atoms with Crippen LogP contribution in [0.5, 0.6) is 0 Å². The fourth-order valence-electron chi connectivity index (χ4n) is 2.97. The van der Waals surface area contributed by atoms with Crippen molar-refractivity contribution in [3.05, 3.63) is 53.2 Å². The fraction of sp³-hybridized carbons (Fsp3) is 0.444. The Labute approximate surface area is 141 Å². The lowest BCUT2D eigenvalue weighted by molar-refractivity contribution is 0.297. The van der Waals surface area contributed by atoms with E-state index < -0.39 is 11.6 Å². The normalized spacial score (nSPS) is 16.2. The first kappa shape index (κ1) is 16.8. The maximum Gasteiger partial charge on any atom is 0.159 e. The summed E-state index contributed by atoms with van der Waals surface area (Å²) in [4.78, 5) is 4.62. The van der Waals surface area contributed by atoms with Gasteiger partial charge in [0.05, 0.1) is 5.69 Å². The standard InChI is InChI=1S/C18H22F2N4/c1-14-3-6-18(22-21-14)24-9-2-8-23(11-12-24)10-7-15-4-5-16(19)17(20)13-15/h3-6,13H,2,7-12H2,1H3. The summed E-state index contributed by atoms with van der Waals surface area (Å²) in [6, 6.07) is 8.14. The van der Waals surface area contributed by atoms with Gasteiger partial charge in [0.2, 0.25) is 0 Å². The zero-order chi connectivity index (χ0) is 16.9. The van der Waals surface area contributed by atoms with Gasteiger partial charge >= 0.3 is 0 Å². The van der Waals surface area contributed by atoms with Crippen molar-refractivity contribution < 1.29 is 8.78 Å². The van der Waals surface area contributed by atoms with Crippen LogP contribution in [0.15, 0.2) is 30.3 Å². The first-order valence-electron chi connectivity index (χ1n) is 8.33. The molecule has 4 nitrogen and oxygen atoms in total. The molecule has 128 valence electrons. The van der Waals surface area contributed by atoms with Crippen LogP contribution in [0.3, 0.4) is 0 Å². The predicted octanol–water partition coefficient (Wildman–Crippen LogP) is 2.82. The molecule has 0 aliphatic carbocycles. The number of benzene rings is 1. The van der Waals surface area contributed by atoms with Crippen LogP contribution in [0.1, 0.15) is 17.7 Å².